The standard InChI is InChI=1S/C20H37N5O7S/c1-10(2)9-12(21)17(28)23-13(5-6-15(22)27)18(29)24-14(7-8-33-4)19(30)25-16(11(3)26)20(31)32/h10-14,16,26H,5-9,21H2,1-4H3,(H2,22,27)(H,23,28)(H,24,29)(H,25,30)(H,31,32). The molecule has 0 aliphatic carbocycles. The number of thioether (sulfide) groups is 1. The van der Waals surface area contributed by atoms with E-state index in [1.54, 1.807) is 6.26 Å². The van der Waals surface area contributed by atoms with Crippen LogP contribution in [0.25, 0.3) is 0 Å². The molecule has 5 unspecified atom stereocenters. The highest BCUT2D eigenvalue weighted by molar-refractivity contribution is 7.98. The Morgan fingerprint density at radius 3 is 1.88 bits per heavy atom. The lowest BCUT2D eigenvalue weighted by Gasteiger charge is -2.25. The number of carboxylic acids is 1. The lowest BCUT2D eigenvalue weighted by Crippen LogP contribution is -2.58. The van der Waals surface area contributed by atoms with Gasteiger partial charge in [-0.05, 0) is 44.1 Å². The number of rotatable bonds is 16. The first-order chi connectivity index (χ1) is 15.3. The molecule has 0 aliphatic heterocycles. The van der Waals surface area contributed by atoms with Gasteiger partial charge in [-0.2, -0.15) is 11.8 Å². The van der Waals surface area contributed by atoms with Gasteiger partial charge in [-0.25, -0.2) is 4.79 Å². The largest absolute Gasteiger partial charge is 0.480 e. The Hall–Kier alpha value is -2.38. The van der Waals surface area contributed by atoms with Crippen molar-refractivity contribution in [1.82, 2.24) is 16.0 Å². The third-order valence-electron chi connectivity index (χ3n) is 4.66. The molecular formula is C20H37N5O7S. The summed E-state index contributed by atoms with van der Waals surface area (Å²) in [5.74, 6) is -3.64. The Balaban J connectivity index is 5.51. The number of hydrogen-bond donors (Lipinski definition) is 7. The highest BCUT2D eigenvalue weighted by Crippen LogP contribution is 2.07. The fourth-order valence-electron chi connectivity index (χ4n) is 2.87. The Labute approximate surface area is 198 Å². The first-order valence-corrected chi connectivity index (χ1v) is 12.0. The van der Waals surface area contributed by atoms with Gasteiger partial charge < -0.3 is 37.6 Å². The molecule has 0 aromatic heterocycles. The molecule has 0 saturated carbocycles. The highest BCUT2D eigenvalue weighted by atomic mass is 32.2. The van der Waals surface area contributed by atoms with Gasteiger partial charge in [0.25, 0.3) is 0 Å². The van der Waals surface area contributed by atoms with Gasteiger partial charge in [-0.1, -0.05) is 13.8 Å². The number of aliphatic hydroxyl groups is 1. The van der Waals surface area contributed by atoms with Crippen molar-refractivity contribution in [3.05, 3.63) is 0 Å². The van der Waals surface area contributed by atoms with Crippen LogP contribution in [0.3, 0.4) is 0 Å². The second-order valence-electron chi connectivity index (χ2n) is 8.21. The van der Waals surface area contributed by atoms with Gasteiger partial charge in [0.05, 0.1) is 12.1 Å². The molecule has 0 radical (unpaired) electrons. The molecule has 0 aromatic rings. The van der Waals surface area contributed by atoms with Crippen LogP contribution in [0.4, 0.5) is 0 Å². The average molecular weight is 492 g/mol. The zero-order valence-electron chi connectivity index (χ0n) is 19.5. The monoisotopic (exact) mass is 491 g/mol. The number of nitrogens with two attached hydrogens (primary N) is 2. The number of carboxylic acid groups (broad SMARTS) is 1. The first-order valence-electron chi connectivity index (χ1n) is 10.6. The minimum atomic E-state index is -1.56. The smallest absolute Gasteiger partial charge is 0.328 e. The molecule has 0 heterocycles. The molecule has 0 aromatic carbocycles. The molecule has 0 spiro atoms. The van der Waals surface area contributed by atoms with Gasteiger partial charge in [-0.15, -0.1) is 0 Å². The van der Waals surface area contributed by atoms with Crippen LogP contribution in [0.1, 0.15) is 46.5 Å². The van der Waals surface area contributed by atoms with E-state index >= 15 is 0 Å². The summed E-state index contributed by atoms with van der Waals surface area (Å²) in [5, 5.41) is 26.0. The van der Waals surface area contributed by atoms with Crippen molar-refractivity contribution in [2.24, 2.45) is 17.4 Å². The molecule has 0 aliphatic rings. The second-order valence-corrected chi connectivity index (χ2v) is 9.20. The van der Waals surface area contributed by atoms with Crippen LogP contribution < -0.4 is 27.4 Å². The first kappa shape index (κ1) is 30.6. The zero-order chi connectivity index (χ0) is 25.7. The van der Waals surface area contributed by atoms with E-state index in [4.69, 9.17) is 11.5 Å². The summed E-state index contributed by atoms with van der Waals surface area (Å²) in [6.45, 7) is 4.98. The summed E-state index contributed by atoms with van der Waals surface area (Å²) >= 11 is 1.40. The fraction of sp³-hybridized carbons (Fsp3) is 0.750. The summed E-state index contributed by atoms with van der Waals surface area (Å²) < 4.78 is 0. The van der Waals surface area contributed by atoms with Crippen LogP contribution >= 0.6 is 11.8 Å². The third kappa shape index (κ3) is 12.4. The van der Waals surface area contributed by atoms with Crippen LogP contribution in [0.15, 0.2) is 0 Å². The quantitative estimate of drug-likeness (QED) is 0.131. The van der Waals surface area contributed by atoms with E-state index in [2.05, 4.69) is 16.0 Å². The van der Waals surface area contributed by atoms with Gasteiger partial charge >= 0.3 is 5.97 Å². The van der Waals surface area contributed by atoms with Crippen LogP contribution in [-0.4, -0.2) is 82.1 Å². The third-order valence-corrected chi connectivity index (χ3v) is 5.31. The highest BCUT2D eigenvalue weighted by Gasteiger charge is 2.31. The molecule has 0 fully saturated rings. The predicted octanol–water partition coefficient (Wildman–Crippen LogP) is -1.70. The summed E-state index contributed by atoms with van der Waals surface area (Å²) in [6, 6.07) is -4.75. The lowest BCUT2D eigenvalue weighted by molar-refractivity contribution is -0.145. The van der Waals surface area contributed by atoms with E-state index in [0.29, 0.717) is 12.2 Å². The molecule has 4 amide bonds. The van der Waals surface area contributed by atoms with Gasteiger partial charge in [0.15, 0.2) is 6.04 Å². The van der Waals surface area contributed by atoms with Crippen molar-refractivity contribution in [2.45, 2.75) is 76.7 Å². The maximum Gasteiger partial charge on any atom is 0.328 e. The van der Waals surface area contributed by atoms with Crippen molar-refractivity contribution >= 4 is 41.4 Å². The number of hydrogen-bond acceptors (Lipinski definition) is 8. The summed E-state index contributed by atoms with van der Waals surface area (Å²) in [4.78, 5) is 60.5. The topological polar surface area (TPSA) is 214 Å². The van der Waals surface area contributed by atoms with E-state index in [-0.39, 0.29) is 25.2 Å². The maximum atomic E-state index is 12.9. The lowest BCUT2D eigenvalue weighted by atomic mass is 10.0. The van der Waals surface area contributed by atoms with Crippen molar-refractivity contribution in [3.63, 3.8) is 0 Å². The number of amides is 4. The van der Waals surface area contributed by atoms with Crippen molar-refractivity contribution in [1.29, 1.82) is 0 Å². The zero-order valence-corrected chi connectivity index (χ0v) is 20.3. The molecule has 0 saturated heterocycles. The van der Waals surface area contributed by atoms with Crippen molar-refractivity contribution < 1.29 is 34.2 Å². The number of aliphatic hydroxyl groups excluding tert-OH is 1. The summed E-state index contributed by atoms with van der Waals surface area (Å²) in [7, 11) is 0. The van der Waals surface area contributed by atoms with Crippen LogP contribution in [-0.2, 0) is 24.0 Å². The second kappa shape index (κ2) is 15.5. The van der Waals surface area contributed by atoms with Gasteiger partial charge in [-0.3, -0.25) is 19.2 Å². The number of aliphatic carboxylic acids is 1. The van der Waals surface area contributed by atoms with Crippen LogP contribution in [0.5, 0.6) is 0 Å². The van der Waals surface area contributed by atoms with E-state index in [0.717, 1.165) is 0 Å². The van der Waals surface area contributed by atoms with E-state index in [1.165, 1.54) is 18.7 Å². The van der Waals surface area contributed by atoms with Gasteiger partial charge in [0.1, 0.15) is 12.1 Å². The van der Waals surface area contributed by atoms with Crippen LogP contribution in [0.2, 0.25) is 0 Å². The van der Waals surface area contributed by atoms with E-state index in [9.17, 15) is 34.2 Å². The Bertz CT molecular complexity index is 690. The summed E-state index contributed by atoms with van der Waals surface area (Å²) in [6.07, 6.45) is 0.664. The molecule has 5 atom stereocenters. The van der Waals surface area contributed by atoms with Gasteiger partial charge in [0.2, 0.25) is 23.6 Å². The number of carbonyl (C=O) groups is 5. The Kier molecular flexibility index (Phi) is 14.3. The molecule has 33 heavy (non-hydrogen) atoms. The SMILES string of the molecule is CSCCC(NC(=O)C(CCC(N)=O)NC(=O)C(N)CC(C)C)C(=O)NC(C(=O)O)C(C)O. The molecule has 0 rings (SSSR count). The number of primary amides is 1. The average Bonchev–Trinajstić information content (AvgIpc) is 2.70. The molecule has 13 heteroatoms. The molecular weight excluding hydrogens is 454 g/mol. The minimum Gasteiger partial charge on any atom is -0.480 e. The van der Waals surface area contributed by atoms with E-state index in [1.807, 2.05) is 13.8 Å². The Morgan fingerprint density at radius 2 is 1.42 bits per heavy atom. The maximum absolute atomic E-state index is 12.9. The van der Waals surface area contributed by atoms with Gasteiger partial charge in [0, 0.05) is 6.42 Å². The Morgan fingerprint density at radius 1 is 0.909 bits per heavy atom. The fourth-order valence-corrected chi connectivity index (χ4v) is 3.34. The molecule has 12 nitrogen and oxygen atoms in total. The van der Waals surface area contributed by atoms with Crippen LogP contribution in [0, 0.1) is 5.92 Å². The predicted molar refractivity (Wildman–Crippen MR) is 124 cm³/mol. The summed E-state index contributed by atoms with van der Waals surface area (Å²) in [5.41, 5.74) is 11.0. The molecule has 190 valence electrons. The number of nitrogens with one attached hydrogen (secondary N) is 3. The normalized spacial score (nSPS) is 15.6. The van der Waals surface area contributed by atoms with Crippen molar-refractivity contribution in [2.75, 3.05) is 12.0 Å². The molecule has 9 N–H and O–H groups in total. The van der Waals surface area contributed by atoms with Crippen molar-refractivity contribution in [3.8, 4) is 0 Å². The number of carbonyl (C=O) groups excluding carboxylic acids is 4. The minimum absolute atomic E-state index is 0.108. The van der Waals surface area contributed by atoms with E-state index < -0.39 is 59.9 Å². The molecule has 0 bridgehead atoms.